The first-order chi connectivity index (χ1) is 14.6. The van der Waals surface area contributed by atoms with Crippen molar-refractivity contribution >= 4 is 31.7 Å². The third kappa shape index (κ3) is 5.32. The molecule has 1 aromatic heterocycles. The van der Waals surface area contributed by atoms with Gasteiger partial charge in [0.25, 0.3) is 20.0 Å². The van der Waals surface area contributed by atoms with E-state index in [1.807, 2.05) is 0 Å². The van der Waals surface area contributed by atoms with Crippen molar-refractivity contribution in [2.75, 3.05) is 18.8 Å². The molecule has 3 aromatic rings. The number of hydrogen-bond donors (Lipinski definition) is 1. The van der Waals surface area contributed by atoms with Gasteiger partial charge in [0.2, 0.25) is 5.09 Å². The van der Waals surface area contributed by atoms with Crippen LogP contribution >= 0.6 is 0 Å². The van der Waals surface area contributed by atoms with Crippen molar-refractivity contribution in [1.82, 2.24) is 4.31 Å². The quantitative estimate of drug-likeness (QED) is 0.509. The zero-order valence-electron chi connectivity index (χ0n) is 16.7. The number of carbonyl (C=O) groups excluding carboxylic acids is 1. The van der Waals surface area contributed by atoms with Crippen molar-refractivity contribution in [2.24, 2.45) is 0 Å². The lowest BCUT2D eigenvalue weighted by atomic mass is 10.2. The molecule has 9 nitrogen and oxygen atoms in total. The van der Waals surface area contributed by atoms with Crippen LogP contribution in [0.25, 0.3) is 0 Å². The fourth-order valence-corrected chi connectivity index (χ4v) is 4.38. The first-order valence-corrected chi connectivity index (χ1v) is 11.9. The standard InChI is InChI=1S/C20H20N2O7S2/c1-22(2)31(26,27)19-12-11-17(29-19)14-28-20(23)15-7-6-8-16(13-15)21-30(24,25)18-9-4-3-5-10-18/h3-13,21H,14H2,1-2H3. The van der Waals surface area contributed by atoms with Crippen LogP contribution in [0.2, 0.25) is 0 Å². The number of sulfonamides is 2. The zero-order valence-corrected chi connectivity index (χ0v) is 18.3. The van der Waals surface area contributed by atoms with Crippen molar-refractivity contribution in [1.29, 1.82) is 0 Å². The van der Waals surface area contributed by atoms with E-state index in [1.54, 1.807) is 18.2 Å². The summed E-state index contributed by atoms with van der Waals surface area (Å²) < 4.78 is 62.7. The van der Waals surface area contributed by atoms with Crippen LogP contribution in [-0.2, 0) is 31.4 Å². The summed E-state index contributed by atoms with van der Waals surface area (Å²) in [5.74, 6) is -0.580. The SMILES string of the molecule is CN(C)S(=O)(=O)c1ccc(COC(=O)c2cccc(NS(=O)(=O)c3ccccc3)c2)o1. The predicted octanol–water partition coefficient (Wildman–Crippen LogP) is 2.69. The van der Waals surface area contributed by atoms with Gasteiger partial charge in [0.15, 0.2) is 0 Å². The Labute approximate surface area is 180 Å². The number of nitrogens with zero attached hydrogens (tertiary/aromatic N) is 1. The molecule has 11 heteroatoms. The Morgan fingerprint density at radius 2 is 1.68 bits per heavy atom. The molecule has 1 N–H and O–H groups in total. The highest BCUT2D eigenvalue weighted by molar-refractivity contribution is 7.92. The average Bonchev–Trinajstić information content (AvgIpc) is 3.22. The molecule has 0 aliphatic carbocycles. The molecule has 0 amide bonds. The molecule has 0 aliphatic rings. The minimum absolute atomic E-state index is 0.0873. The van der Waals surface area contributed by atoms with Gasteiger partial charge in [-0.25, -0.2) is 25.9 Å². The molecule has 0 saturated heterocycles. The number of nitrogens with one attached hydrogen (secondary N) is 1. The summed E-state index contributed by atoms with van der Waals surface area (Å²) >= 11 is 0. The first-order valence-electron chi connectivity index (χ1n) is 8.96. The summed E-state index contributed by atoms with van der Waals surface area (Å²) in [7, 11) is -4.80. The van der Waals surface area contributed by atoms with Gasteiger partial charge < -0.3 is 9.15 Å². The van der Waals surface area contributed by atoms with Crippen LogP contribution < -0.4 is 4.72 Å². The minimum Gasteiger partial charge on any atom is -0.454 e. The lowest BCUT2D eigenvalue weighted by Crippen LogP contribution is -2.21. The van der Waals surface area contributed by atoms with Gasteiger partial charge in [-0.05, 0) is 42.5 Å². The Bertz CT molecular complexity index is 1280. The van der Waals surface area contributed by atoms with Gasteiger partial charge in [0, 0.05) is 19.8 Å². The topological polar surface area (TPSA) is 123 Å². The maximum atomic E-state index is 12.4. The first kappa shape index (κ1) is 22.5. The normalized spacial score (nSPS) is 12.0. The third-order valence-corrected chi connectivity index (χ3v) is 7.21. The van der Waals surface area contributed by atoms with Crippen LogP contribution in [0, 0.1) is 0 Å². The van der Waals surface area contributed by atoms with Gasteiger partial charge in [-0.3, -0.25) is 4.72 Å². The second kappa shape index (κ2) is 8.92. The molecular weight excluding hydrogens is 444 g/mol. The molecule has 1 heterocycles. The van der Waals surface area contributed by atoms with E-state index in [2.05, 4.69) is 4.72 Å². The molecule has 0 saturated carbocycles. The molecule has 31 heavy (non-hydrogen) atoms. The van der Waals surface area contributed by atoms with E-state index >= 15 is 0 Å². The summed E-state index contributed by atoms with van der Waals surface area (Å²) in [6, 6.07) is 16.3. The Morgan fingerprint density at radius 3 is 2.35 bits per heavy atom. The molecule has 0 spiro atoms. The van der Waals surface area contributed by atoms with E-state index in [1.165, 1.54) is 62.6 Å². The predicted molar refractivity (Wildman–Crippen MR) is 112 cm³/mol. The molecule has 0 aliphatic heterocycles. The smallest absolute Gasteiger partial charge is 0.338 e. The molecule has 2 aromatic carbocycles. The third-order valence-electron chi connectivity index (χ3n) is 4.12. The summed E-state index contributed by atoms with van der Waals surface area (Å²) in [6.45, 7) is -0.290. The number of benzene rings is 2. The van der Waals surface area contributed by atoms with E-state index in [0.29, 0.717) is 0 Å². The highest BCUT2D eigenvalue weighted by atomic mass is 32.2. The molecular formula is C20H20N2O7S2. The largest absolute Gasteiger partial charge is 0.454 e. The molecule has 0 unspecified atom stereocenters. The molecule has 3 rings (SSSR count). The van der Waals surface area contributed by atoms with Gasteiger partial charge in [-0.1, -0.05) is 24.3 Å². The Hall–Kier alpha value is -3.15. The Kier molecular flexibility index (Phi) is 6.48. The fourth-order valence-electron chi connectivity index (χ4n) is 2.50. The average molecular weight is 465 g/mol. The van der Waals surface area contributed by atoms with Gasteiger partial charge >= 0.3 is 5.97 Å². The summed E-state index contributed by atoms with van der Waals surface area (Å²) in [5.41, 5.74) is 0.302. The lowest BCUT2D eigenvalue weighted by Gasteiger charge is -2.09. The minimum atomic E-state index is -3.81. The maximum Gasteiger partial charge on any atom is 0.338 e. The number of anilines is 1. The number of ether oxygens (including phenoxy) is 1. The van der Waals surface area contributed by atoms with Crippen LogP contribution in [0.5, 0.6) is 0 Å². The van der Waals surface area contributed by atoms with Crippen molar-refractivity contribution < 1.29 is 30.8 Å². The number of rotatable bonds is 8. The molecule has 0 bridgehead atoms. The number of esters is 1. The van der Waals surface area contributed by atoms with Crippen molar-refractivity contribution in [3.63, 3.8) is 0 Å². The summed E-state index contributed by atoms with van der Waals surface area (Å²) in [6.07, 6.45) is 0. The van der Waals surface area contributed by atoms with Gasteiger partial charge in [-0.2, -0.15) is 0 Å². The zero-order chi connectivity index (χ0) is 22.6. The van der Waals surface area contributed by atoms with E-state index < -0.39 is 26.0 Å². The van der Waals surface area contributed by atoms with Crippen LogP contribution in [0.1, 0.15) is 16.1 Å². The number of hydrogen-bond acceptors (Lipinski definition) is 7. The highest BCUT2D eigenvalue weighted by Gasteiger charge is 2.22. The summed E-state index contributed by atoms with van der Waals surface area (Å²) in [4.78, 5) is 12.4. The van der Waals surface area contributed by atoms with Crippen molar-refractivity contribution in [3.8, 4) is 0 Å². The number of furan rings is 1. The second-order valence-corrected chi connectivity index (χ2v) is 10.3. The lowest BCUT2D eigenvalue weighted by molar-refractivity contribution is 0.0440. The molecule has 164 valence electrons. The Balaban J connectivity index is 1.68. The second-order valence-electron chi connectivity index (χ2n) is 6.58. The van der Waals surface area contributed by atoms with Crippen molar-refractivity contribution in [2.45, 2.75) is 16.6 Å². The van der Waals surface area contributed by atoms with E-state index in [4.69, 9.17) is 9.15 Å². The monoisotopic (exact) mass is 464 g/mol. The van der Waals surface area contributed by atoms with Crippen LogP contribution in [-0.4, -0.2) is 41.2 Å². The highest BCUT2D eigenvalue weighted by Crippen LogP contribution is 2.20. The molecule has 0 radical (unpaired) electrons. The molecule has 0 atom stereocenters. The Morgan fingerprint density at radius 1 is 0.968 bits per heavy atom. The van der Waals surface area contributed by atoms with E-state index in [0.717, 1.165) is 4.31 Å². The summed E-state index contributed by atoms with van der Waals surface area (Å²) in [5, 5.41) is -0.263. The number of carbonyl (C=O) groups is 1. The van der Waals surface area contributed by atoms with E-state index in [9.17, 15) is 21.6 Å². The maximum absolute atomic E-state index is 12.4. The van der Waals surface area contributed by atoms with Gasteiger partial charge in [0.1, 0.15) is 12.4 Å². The van der Waals surface area contributed by atoms with E-state index in [-0.39, 0.29) is 33.6 Å². The van der Waals surface area contributed by atoms with Gasteiger partial charge in [-0.15, -0.1) is 0 Å². The molecule has 0 fully saturated rings. The van der Waals surface area contributed by atoms with Crippen LogP contribution in [0.4, 0.5) is 5.69 Å². The van der Waals surface area contributed by atoms with Crippen LogP contribution in [0.3, 0.4) is 0 Å². The van der Waals surface area contributed by atoms with Crippen molar-refractivity contribution in [3.05, 3.63) is 78.1 Å². The fraction of sp³-hybridized carbons (Fsp3) is 0.150. The van der Waals surface area contributed by atoms with Gasteiger partial charge in [0.05, 0.1) is 10.5 Å². The van der Waals surface area contributed by atoms with Crippen LogP contribution in [0.15, 0.2) is 81.1 Å².